The van der Waals surface area contributed by atoms with Crippen molar-refractivity contribution in [2.75, 3.05) is 13.2 Å². The molecule has 2 N–H and O–H groups in total. The molecule has 1 aromatic rings. The second-order valence-electron chi connectivity index (χ2n) is 5.59. The van der Waals surface area contributed by atoms with E-state index in [4.69, 9.17) is 10.5 Å². The number of nitrogens with zero attached hydrogens (tertiary/aromatic N) is 1. The van der Waals surface area contributed by atoms with Crippen LogP contribution in [0.25, 0.3) is 0 Å². The van der Waals surface area contributed by atoms with E-state index in [1.807, 2.05) is 13.0 Å². The molecule has 106 valence electrons. The van der Waals surface area contributed by atoms with E-state index in [-0.39, 0.29) is 6.04 Å². The smallest absolute Gasteiger partial charge is 0.119 e. The number of ether oxygens (including phenoxy) is 1. The molecular formula is C16H26N2O. The molecule has 3 nitrogen and oxygen atoms in total. The average Bonchev–Trinajstić information content (AvgIpc) is 2.39. The maximum absolute atomic E-state index is 6.38. The van der Waals surface area contributed by atoms with E-state index in [1.54, 1.807) is 0 Å². The van der Waals surface area contributed by atoms with Crippen molar-refractivity contribution in [3.8, 4) is 5.75 Å². The predicted octanol–water partition coefficient (Wildman–Crippen LogP) is 2.96. The van der Waals surface area contributed by atoms with Gasteiger partial charge >= 0.3 is 0 Å². The highest BCUT2D eigenvalue weighted by molar-refractivity contribution is 5.32. The van der Waals surface area contributed by atoms with Crippen LogP contribution >= 0.6 is 0 Å². The second-order valence-corrected chi connectivity index (χ2v) is 5.59. The molecule has 1 fully saturated rings. The number of hydrogen-bond donors (Lipinski definition) is 1. The third-order valence-corrected chi connectivity index (χ3v) is 3.89. The topological polar surface area (TPSA) is 38.5 Å². The zero-order valence-corrected chi connectivity index (χ0v) is 12.3. The summed E-state index contributed by atoms with van der Waals surface area (Å²) in [5, 5.41) is 0. The summed E-state index contributed by atoms with van der Waals surface area (Å²) in [6.07, 6.45) is 2.30. The van der Waals surface area contributed by atoms with Crippen LogP contribution in [-0.2, 0) is 0 Å². The fraction of sp³-hybridized carbons (Fsp3) is 0.625. The molecular weight excluding hydrogens is 236 g/mol. The molecule has 0 aromatic heterocycles. The van der Waals surface area contributed by atoms with Gasteiger partial charge in [0.1, 0.15) is 5.75 Å². The number of nitrogens with two attached hydrogens (primary N) is 1. The molecule has 0 aliphatic carbocycles. The van der Waals surface area contributed by atoms with Crippen LogP contribution in [-0.4, -0.2) is 30.1 Å². The fourth-order valence-electron chi connectivity index (χ4n) is 3.03. The molecule has 1 heterocycles. The summed E-state index contributed by atoms with van der Waals surface area (Å²) in [7, 11) is 0. The monoisotopic (exact) mass is 262 g/mol. The van der Waals surface area contributed by atoms with Crippen molar-refractivity contribution >= 4 is 0 Å². The van der Waals surface area contributed by atoms with E-state index in [2.05, 4.69) is 36.9 Å². The van der Waals surface area contributed by atoms with Gasteiger partial charge in [-0.15, -0.1) is 0 Å². The summed E-state index contributed by atoms with van der Waals surface area (Å²) in [5.74, 6) is 0.946. The molecule has 1 aliphatic rings. The normalized spacial score (nSPS) is 24.7. The van der Waals surface area contributed by atoms with E-state index >= 15 is 0 Å². The van der Waals surface area contributed by atoms with Gasteiger partial charge in [-0.05, 0) is 57.9 Å². The van der Waals surface area contributed by atoms with Crippen LogP contribution in [0, 0.1) is 0 Å². The maximum Gasteiger partial charge on any atom is 0.119 e. The summed E-state index contributed by atoms with van der Waals surface area (Å²) in [6.45, 7) is 8.34. The van der Waals surface area contributed by atoms with Crippen LogP contribution in [0.15, 0.2) is 24.3 Å². The Morgan fingerprint density at radius 2 is 2.21 bits per heavy atom. The highest BCUT2D eigenvalue weighted by Gasteiger charge is 2.31. The van der Waals surface area contributed by atoms with Crippen molar-refractivity contribution in [3.63, 3.8) is 0 Å². The number of hydrogen-bond acceptors (Lipinski definition) is 3. The molecule has 0 bridgehead atoms. The van der Waals surface area contributed by atoms with Gasteiger partial charge in [0.05, 0.1) is 12.6 Å². The molecule has 1 saturated heterocycles. The van der Waals surface area contributed by atoms with Crippen LogP contribution in [0.3, 0.4) is 0 Å². The lowest BCUT2D eigenvalue weighted by Gasteiger charge is -2.42. The van der Waals surface area contributed by atoms with Crippen molar-refractivity contribution in [2.45, 2.75) is 51.7 Å². The van der Waals surface area contributed by atoms with E-state index < -0.39 is 0 Å². The second kappa shape index (κ2) is 6.40. The van der Waals surface area contributed by atoms with E-state index in [0.29, 0.717) is 18.7 Å². The van der Waals surface area contributed by atoms with E-state index in [9.17, 15) is 0 Å². The Labute approximate surface area is 116 Å². The van der Waals surface area contributed by atoms with Gasteiger partial charge in [0.25, 0.3) is 0 Å². The van der Waals surface area contributed by atoms with Crippen molar-refractivity contribution in [3.05, 3.63) is 29.8 Å². The largest absolute Gasteiger partial charge is 0.494 e. The first-order valence-electron chi connectivity index (χ1n) is 7.37. The first-order valence-corrected chi connectivity index (χ1v) is 7.37. The zero-order valence-electron chi connectivity index (χ0n) is 12.3. The predicted molar refractivity (Wildman–Crippen MR) is 79.4 cm³/mol. The van der Waals surface area contributed by atoms with Gasteiger partial charge < -0.3 is 10.5 Å². The van der Waals surface area contributed by atoms with E-state index in [0.717, 1.165) is 18.7 Å². The molecule has 0 radical (unpaired) electrons. The van der Waals surface area contributed by atoms with Gasteiger partial charge in [0, 0.05) is 12.1 Å². The van der Waals surface area contributed by atoms with Gasteiger partial charge in [0.15, 0.2) is 0 Å². The Bertz CT molecular complexity index is 405. The Morgan fingerprint density at radius 3 is 2.89 bits per heavy atom. The van der Waals surface area contributed by atoms with Gasteiger partial charge in [-0.1, -0.05) is 12.1 Å². The molecule has 0 spiro atoms. The standard InChI is InChI=1S/C16H26N2O/c1-4-19-14-8-5-7-13(11-14)16-15(17)9-6-10-18(16)12(2)3/h5,7-8,11-12,15-16H,4,6,9-10,17H2,1-3H3. The number of piperidine rings is 1. The molecule has 1 aliphatic heterocycles. The molecule has 2 atom stereocenters. The minimum atomic E-state index is 0.216. The third kappa shape index (κ3) is 3.28. The van der Waals surface area contributed by atoms with Crippen LogP contribution in [0.1, 0.15) is 45.2 Å². The van der Waals surface area contributed by atoms with Crippen LogP contribution in [0.2, 0.25) is 0 Å². The van der Waals surface area contributed by atoms with Crippen molar-refractivity contribution in [1.82, 2.24) is 4.90 Å². The highest BCUT2D eigenvalue weighted by Crippen LogP contribution is 2.33. The maximum atomic E-state index is 6.38. The van der Waals surface area contributed by atoms with Crippen LogP contribution in [0.5, 0.6) is 5.75 Å². The van der Waals surface area contributed by atoms with Gasteiger partial charge in [0.2, 0.25) is 0 Å². The van der Waals surface area contributed by atoms with Crippen molar-refractivity contribution < 1.29 is 4.74 Å². The Balaban J connectivity index is 2.27. The number of benzene rings is 1. The lowest BCUT2D eigenvalue weighted by Crippen LogP contribution is -2.48. The Kier molecular flexibility index (Phi) is 4.83. The fourth-order valence-corrected chi connectivity index (χ4v) is 3.03. The molecule has 2 rings (SSSR count). The van der Waals surface area contributed by atoms with Gasteiger partial charge in [-0.2, -0.15) is 0 Å². The summed E-state index contributed by atoms with van der Waals surface area (Å²) in [6, 6.07) is 9.46. The Morgan fingerprint density at radius 1 is 1.42 bits per heavy atom. The lowest BCUT2D eigenvalue weighted by atomic mass is 9.90. The SMILES string of the molecule is CCOc1cccc(C2C(N)CCCN2C(C)C)c1. The van der Waals surface area contributed by atoms with Crippen molar-refractivity contribution in [1.29, 1.82) is 0 Å². The zero-order chi connectivity index (χ0) is 13.8. The minimum Gasteiger partial charge on any atom is -0.494 e. The summed E-state index contributed by atoms with van der Waals surface area (Å²) in [5.41, 5.74) is 7.66. The highest BCUT2D eigenvalue weighted by atomic mass is 16.5. The average molecular weight is 262 g/mol. The summed E-state index contributed by atoms with van der Waals surface area (Å²) >= 11 is 0. The Hall–Kier alpha value is -1.06. The molecule has 3 heteroatoms. The lowest BCUT2D eigenvalue weighted by molar-refractivity contribution is 0.0945. The molecule has 19 heavy (non-hydrogen) atoms. The third-order valence-electron chi connectivity index (χ3n) is 3.89. The summed E-state index contributed by atoms with van der Waals surface area (Å²) in [4.78, 5) is 2.51. The van der Waals surface area contributed by atoms with Crippen molar-refractivity contribution in [2.24, 2.45) is 5.73 Å². The van der Waals surface area contributed by atoms with Gasteiger partial charge in [-0.25, -0.2) is 0 Å². The van der Waals surface area contributed by atoms with Gasteiger partial charge in [-0.3, -0.25) is 4.90 Å². The molecule has 0 amide bonds. The van der Waals surface area contributed by atoms with E-state index in [1.165, 1.54) is 12.0 Å². The summed E-state index contributed by atoms with van der Waals surface area (Å²) < 4.78 is 5.61. The first-order chi connectivity index (χ1) is 9.13. The quantitative estimate of drug-likeness (QED) is 0.906. The molecule has 2 unspecified atom stereocenters. The number of likely N-dealkylation sites (tertiary alicyclic amines) is 1. The minimum absolute atomic E-state index is 0.216. The van der Waals surface area contributed by atoms with Crippen LogP contribution in [0.4, 0.5) is 0 Å². The first kappa shape index (κ1) is 14.4. The molecule has 1 aromatic carbocycles. The number of rotatable bonds is 4. The molecule has 0 saturated carbocycles. The van der Waals surface area contributed by atoms with Crippen LogP contribution < -0.4 is 10.5 Å².